The predicted molar refractivity (Wildman–Crippen MR) is 58.7 cm³/mol. The molecule has 15 heavy (non-hydrogen) atoms. The van der Waals surface area contributed by atoms with E-state index in [1.807, 2.05) is 12.3 Å². The second kappa shape index (κ2) is 4.48. The first-order chi connectivity index (χ1) is 7.28. The summed E-state index contributed by atoms with van der Waals surface area (Å²) in [6, 6.07) is 0. The summed E-state index contributed by atoms with van der Waals surface area (Å²) in [4.78, 5) is 15.4. The smallest absolute Gasteiger partial charge is 0.223 e. The first-order valence-electron chi connectivity index (χ1n) is 4.72. The molecular formula is C9H12N4OS. The molecule has 0 radical (unpaired) electrons. The molecule has 0 spiro atoms. The number of aromatic nitrogens is 3. The lowest BCUT2D eigenvalue weighted by atomic mass is 10.0. The van der Waals surface area contributed by atoms with Gasteiger partial charge >= 0.3 is 0 Å². The van der Waals surface area contributed by atoms with Gasteiger partial charge in [-0.15, -0.1) is 5.10 Å². The molecule has 0 amide bonds. The largest absolute Gasteiger partial charge is 0.328 e. The highest BCUT2D eigenvalue weighted by Crippen LogP contribution is 2.17. The molecule has 0 aliphatic heterocycles. The van der Waals surface area contributed by atoms with Crippen molar-refractivity contribution in [1.29, 1.82) is 0 Å². The fourth-order valence-corrected chi connectivity index (χ4v) is 1.74. The molecule has 1 heterocycles. The molecule has 1 aromatic heterocycles. The Morgan fingerprint density at radius 3 is 3.13 bits per heavy atom. The van der Waals surface area contributed by atoms with Crippen LogP contribution in [0.2, 0.25) is 0 Å². The number of rotatable bonds is 3. The van der Waals surface area contributed by atoms with E-state index in [-0.39, 0.29) is 5.78 Å². The van der Waals surface area contributed by atoms with Crippen LogP contribution in [0.25, 0.3) is 0 Å². The minimum atomic E-state index is 0.268. The van der Waals surface area contributed by atoms with Crippen molar-refractivity contribution in [3.8, 4) is 0 Å². The van der Waals surface area contributed by atoms with Crippen molar-refractivity contribution in [2.24, 2.45) is 0 Å². The van der Waals surface area contributed by atoms with Gasteiger partial charge in [0.25, 0.3) is 0 Å². The molecule has 1 aliphatic carbocycles. The number of H-pyrrole nitrogens is 1. The summed E-state index contributed by atoms with van der Waals surface area (Å²) in [5.41, 5.74) is 0.912. The zero-order chi connectivity index (χ0) is 10.7. The monoisotopic (exact) mass is 224 g/mol. The Morgan fingerprint density at radius 2 is 2.47 bits per heavy atom. The summed E-state index contributed by atoms with van der Waals surface area (Å²) in [6.07, 6.45) is 5.87. The summed E-state index contributed by atoms with van der Waals surface area (Å²) < 4.78 is 0. The molecule has 80 valence electrons. The van der Waals surface area contributed by atoms with E-state index in [1.165, 1.54) is 11.8 Å². The normalized spacial score (nSPS) is 16.3. The first kappa shape index (κ1) is 10.2. The highest BCUT2D eigenvalue weighted by molar-refractivity contribution is 7.98. The van der Waals surface area contributed by atoms with Crippen LogP contribution < -0.4 is 5.32 Å². The Balaban J connectivity index is 2.02. The molecule has 0 bridgehead atoms. The van der Waals surface area contributed by atoms with Crippen molar-refractivity contribution in [3.05, 3.63) is 11.8 Å². The SMILES string of the molecule is CSc1n[nH]c(NC2=CCCC(=O)C2)n1. The standard InChI is InChI=1S/C9H12N4OS/c1-15-9-11-8(12-13-9)10-6-3-2-4-7(14)5-6/h3H,2,4-5H2,1H3,(H2,10,11,12,13). The van der Waals surface area contributed by atoms with Crippen molar-refractivity contribution in [2.45, 2.75) is 24.4 Å². The molecule has 0 saturated heterocycles. The quantitative estimate of drug-likeness (QED) is 0.763. The van der Waals surface area contributed by atoms with Gasteiger partial charge in [-0.05, 0) is 12.7 Å². The van der Waals surface area contributed by atoms with Crippen LogP contribution in [-0.2, 0) is 4.79 Å². The van der Waals surface area contributed by atoms with E-state index in [4.69, 9.17) is 0 Å². The van der Waals surface area contributed by atoms with Crippen LogP contribution in [0.5, 0.6) is 0 Å². The lowest BCUT2D eigenvalue weighted by Gasteiger charge is -2.11. The highest BCUT2D eigenvalue weighted by atomic mass is 32.2. The minimum absolute atomic E-state index is 0.268. The Hall–Kier alpha value is -1.30. The van der Waals surface area contributed by atoms with Crippen molar-refractivity contribution >= 4 is 23.5 Å². The minimum Gasteiger partial charge on any atom is -0.328 e. The van der Waals surface area contributed by atoms with Gasteiger partial charge < -0.3 is 5.32 Å². The molecule has 1 aromatic rings. The van der Waals surface area contributed by atoms with Crippen LogP contribution >= 0.6 is 11.8 Å². The molecule has 2 rings (SSSR count). The fraction of sp³-hybridized carbons (Fsp3) is 0.444. The van der Waals surface area contributed by atoms with Gasteiger partial charge in [-0.1, -0.05) is 17.8 Å². The molecule has 0 aromatic carbocycles. The number of nitrogens with one attached hydrogen (secondary N) is 2. The Labute approximate surface area is 91.7 Å². The average molecular weight is 224 g/mol. The summed E-state index contributed by atoms with van der Waals surface area (Å²) >= 11 is 1.47. The average Bonchev–Trinajstić information content (AvgIpc) is 2.65. The van der Waals surface area contributed by atoms with Gasteiger partial charge in [0, 0.05) is 18.5 Å². The number of anilines is 1. The van der Waals surface area contributed by atoms with Crippen LogP contribution in [0.4, 0.5) is 5.95 Å². The van der Waals surface area contributed by atoms with Crippen LogP contribution in [0.15, 0.2) is 16.9 Å². The van der Waals surface area contributed by atoms with E-state index in [0.717, 1.165) is 12.1 Å². The Kier molecular flexibility index (Phi) is 3.05. The summed E-state index contributed by atoms with van der Waals surface area (Å²) in [6.45, 7) is 0. The number of nitrogens with zero attached hydrogens (tertiary/aromatic N) is 2. The van der Waals surface area contributed by atoms with E-state index < -0.39 is 0 Å². The van der Waals surface area contributed by atoms with Crippen molar-refractivity contribution < 1.29 is 4.79 Å². The van der Waals surface area contributed by atoms with Crippen molar-refractivity contribution in [1.82, 2.24) is 15.2 Å². The summed E-state index contributed by atoms with van der Waals surface area (Å²) in [7, 11) is 0. The van der Waals surface area contributed by atoms with Crippen LogP contribution in [0.3, 0.4) is 0 Å². The number of Topliss-reactive ketones (excluding diaryl/α,β-unsaturated/α-hetero) is 1. The van der Waals surface area contributed by atoms with Gasteiger partial charge in [0.2, 0.25) is 11.1 Å². The number of ketones is 1. The third-order valence-corrected chi connectivity index (χ3v) is 2.68. The molecule has 0 saturated carbocycles. The first-order valence-corrected chi connectivity index (χ1v) is 5.94. The Bertz CT molecular complexity index is 399. The number of hydrogen-bond acceptors (Lipinski definition) is 5. The van der Waals surface area contributed by atoms with Gasteiger partial charge in [0.15, 0.2) is 0 Å². The molecule has 5 nitrogen and oxygen atoms in total. The number of carbonyl (C=O) groups excluding carboxylic acids is 1. The zero-order valence-electron chi connectivity index (χ0n) is 8.41. The third kappa shape index (κ3) is 2.59. The lowest BCUT2D eigenvalue weighted by molar-refractivity contribution is -0.118. The Morgan fingerprint density at radius 1 is 1.60 bits per heavy atom. The van der Waals surface area contributed by atoms with E-state index >= 15 is 0 Å². The molecule has 1 aliphatic rings. The van der Waals surface area contributed by atoms with Gasteiger partial charge in [0.05, 0.1) is 0 Å². The molecule has 0 fully saturated rings. The number of hydrogen-bond donors (Lipinski definition) is 2. The van der Waals surface area contributed by atoms with Crippen LogP contribution in [-0.4, -0.2) is 27.2 Å². The van der Waals surface area contributed by atoms with E-state index in [9.17, 15) is 4.79 Å². The number of aromatic amines is 1. The number of allylic oxidation sites excluding steroid dienone is 2. The lowest BCUT2D eigenvalue weighted by Crippen LogP contribution is -2.11. The van der Waals surface area contributed by atoms with Crippen LogP contribution in [0, 0.1) is 0 Å². The topological polar surface area (TPSA) is 70.7 Å². The maximum Gasteiger partial charge on any atom is 0.223 e. The van der Waals surface area contributed by atoms with Crippen molar-refractivity contribution in [3.63, 3.8) is 0 Å². The van der Waals surface area contributed by atoms with E-state index in [2.05, 4.69) is 20.5 Å². The zero-order valence-corrected chi connectivity index (χ0v) is 9.23. The van der Waals surface area contributed by atoms with Crippen LogP contribution in [0.1, 0.15) is 19.3 Å². The van der Waals surface area contributed by atoms with Gasteiger partial charge in [0.1, 0.15) is 5.78 Å². The molecule has 2 N–H and O–H groups in total. The highest BCUT2D eigenvalue weighted by Gasteiger charge is 2.12. The molecular weight excluding hydrogens is 212 g/mol. The second-order valence-electron chi connectivity index (χ2n) is 3.28. The van der Waals surface area contributed by atoms with E-state index in [0.29, 0.717) is 23.9 Å². The molecule has 0 unspecified atom stereocenters. The summed E-state index contributed by atoms with van der Waals surface area (Å²) in [5.74, 6) is 0.866. The molecule has 6 heteroatoms. The number of thioether (sulfide) groups is 1. The van der Waals surface area contributed by atoms with E-state index in [1.54, 1.807) is 0 Å². The van der Waals surface area contributed by atoms with Gasteiger partial charge in [-0.3, -0.25) is 4.79 Å². The molecule has 0 atom stereocenters. The van der Waals surface area contributed by atoms with Gasteiger partial charge in [-0.25, -0.2) is 5.10 Å². The third-order valence-electron chi connectivity index (χ3n) is 2.13. The van der Waals surface area contributed by atoms with Crippen molar-refractivity contribution in [2.75, 3.05) is 11.6 Å². The second-order valence-corrected chi connectivity index (χ2v) is 4.05. The number of carbonyl (C=O) groups is 1. The fourth-order valence-electron chi connectivity index (χ4n) is 1.42. The maximum absolute atomic E-state index is 11.2. The van der Waals surface area contributed by atoms with Gasteiger partial charge in [-0.2, -0.15) is 4.98 Å². The predicted octanol–water partition coefficient (Wildman–Crippen LogP) is 1.58. The maximum atomic E-state index is 11.2. The summed E-state index contributed by atoms with van der Waals surface area (Å²) in [5, 5.41) is 10.5.